The minimum Gasteiger partial charge on any atom is -0.790 e. The predicted octanol–water partition coefficient (Wildman–Crippen LogP) is -9.47. The summed E-state index contributed by atoms with van der Waals surface area (Å²) >= 11 is 0. The van der Waals surface area contributed by atoms with E-state index >= 15 is 0 Å². The predicted molar refractivity (Wildman–Crippen MR) is 81.0 cm³/mol. The fourth-order valence-corrected chi connectivity index (χ4v) is 0.532. The second-order valence-electron chi connectivity index (χ2n) is 3.87. The zero-order valence-corrected chi connectivity index (χ0v) is 23.1. The Labute approximate surface area is 219 Å². The smallest absolute Gasteiger partial charge is 0.790 e. The van der Waals surface area contributed by atoms with Crippen LogP contribution in [0.4, 0.5) is 0 Å². The van der Waals surface area contributed by atoms with Crippen molar-refractivity contribution in [1.29, 1.82) is 0 Å². The van der Waals surface area contributed by atoms with E-state index in [1.165, 1.54) is 0 Å². The number of hydrogen-bond acceptors (Lipinski definition) is 16. The van der Waals surface area contributed by atoms with Crippen LogP contribution in [0.25, 0.3) is 0 Å². The van der Waals surface area contributed by atoms with Gasteiger partial charge in [0.15, 0.2) is 0 Å². The van der Waals surface area contributed by atoms with Crippen molar-refractivity contribution in [2.24, 2.45) is 0 Å². The molecule has 0 amide bonds. The van der Waals surface area contributed by atoms with Crippen LogP contribution in [-0.4, -0.2) is 30.8 Å². The molecule has 0 spiro atoms. The zero-order chi connectivity index (χ0) is 28.3. The van der Waals surface area contributed by atoms with Crippen LogP contribution in [0, 0.1) is 0 Å². The standard InChI is InChI=1S/C7H6O.5H3O4P.2V/c8-6-7-4-2-1-3-5-7;5*1-5(2,3)4;;/h1-6H;5*(H3,1,2,3,4);;/q;;;;;;2*+5/p-10. The molecule has 35 heavy (non-hydrogen) atoms. The van der Waals surface area contributed by atoms with Crippen molar-refractivity contribution in [1.82, 2.24) is 0 Å². The Bertz CT molecular complexity index is 691. The van der Waals surface area contributed by atoms with Gasteiger partial charge in [0.1, 0.15) is 6.29 Å². The van der Waals surface area contributed by atoms with Crippen LogP contribution in [0.3, 0.4) is 0 Å². The summed E-state index contributed by atoms with van der Waals surface area (Å²) in [7, 11) is -25.7. The monoisotopic (exact) mass is 688 g/mol. The van der Waals surface area contributed by atoms with Gasteiger partial charge in [-0.1, -0.05) is 30.3 Å². The Kier molecular flexibility index (Phi) is 37.1. The Balaban J connectivity index is -0.0000000539. The Morgan fingerprint density at radius 1 is 0.486 bits per heavy atom. The van der Waals surface area contributed by atoms with Crippen molar-refractivity contribution in [3.05, 3.63) is 35.9 Å². The van der Waals surface area contributed by atoms with Crippen LogP contribution in [-0.2, 0) is 59.9 Å². The Morgan fingerprint density at radius 3 is 0.714 bits per heavy atom. The molecule has 0 aliphatic heterocycles. The maximum atomic E-state index is 10.0. The van der Waals surface area contributed by atoms with Crippen LogP contribution in [0.5, 0.6) is 0 Å². The molecule has 21 nitrogen and oxygen atoms in total. The first-order chi connectivity index (χ1) is 13.9. The van der Waals surface area contributed by atoms with Gasteiger partial charge in [0.05, 0.1) is 39.1 Å². The molecule has 0 saturated heterocycles. The second kappa shape index (κ2) is 24.9. The van der Waals surface area contributed by atoms with E-state index in [1.807, 2.05) is 18.2 Å². The Hall–Kier alpha value is 0.609. The van der Waals surface area contributed by atoms with Crippen molar-refractivity contribution in [2.75, 3.05) is 0 Å². The maximum Gasteiger partial charge on any atom is 5.00 e. The molecule has 0 bridgehead atoms. The Morgan fingerprint density at radius 2 is 0.629 bits per heavy atom. The average molecular weight is 688 g/mol. The van der Waals surface area contributed by atoms with Crippen molar-refractivity contribution < 1.29 is 138 Å². The molecule has 0 aliphatic rings. The summed E-state index contributed by atoms with van der Waals surface area (Å²) in [5.74, 6) is 0. The molecule has 0 unspecified atom stereocenters. The molecule has 28 heteroatoms. The van der Waals surface area contributed by atoms with E-state index in [1.54, 1.807) is 12.1 Å². The van der Waals surface area contributed by atoms with Crippen LogP contribution < -0.4 is 48.9 Å². The van der Waals surface area contributed by atoms with Crippen molar-refractivity contribution >= 4 is 45.4 Å². The van der Waals surface area contributed by atoms with E-state index in [-0.39, 0.29) is 37.1 Å². The zero-order valence-electron chi connectivity index (χ0n) is 15.9. The fraction of sp³-hybridized carbons (Fsp3) is 0. The molecule has 1 rings (SSSR count). The third-order valence-corrected chi connectivity index (χ3v) is 0.936. The van der Waals surface area contributed by atoms with Crippen LogP contribution in [0.1, 0.15) is 10.4 Å². The van der Waals surface area contributed by atoms with Gasteiger partial charge >= 0.3 is 37.1 Å². The molecule has 0 aliphatic carbocycles. The number of hydrogen-bond donors (Lipinski definition) is 5. The molecule has 200 valence electrons. The van der Waals surface area contributed by atoms with Gasteiger partial charge in [0, 0.05) is 5.56 Å². The summed E-state index contributed by atoms with van der Waals surface area (Å²) in [6.45, 7) is 0. The van der Waals surface area contributed by atoms with Crippen molar-refractivity contribution in [3.63, 3.8) is 0 Å². The molecule has 0 heterocycles. The molecule has 5 N–H and O–H groups in total. The quantitative estimate of drug-likeness (QED) is 0.135. The molecule has 0 fully saturated rings. The summed E-state index contributed by atoms with van der Waals surface area (Å²) in [5, 5.41) is 0. The van der Waals surface area contributed by atoms with Crippen LogP contribution in [0.2, 0.25) is 0 Å². The number of carbonyl (C=O) groups is 1. The minimum absolute atomic E-state index is 0. The van der Waals surface area contributed by atoms with Gasteiger partial charge in [-0.3, -0.25) is 4.79 Å². The summed E-state index contributed by atoms with van der Waals surface area (Å²) < 4.78 is 43.3. The van der Waals surface area contributed by atoms with Gasteiger partial charge in [-0.05, 0) is 0 Å². The minimum atomic E-state index is -5.14. The van der Waals surface area contributed by atoms with Gasteiger partial charge in [0.2, 0.25) is 0 Å². The molecule has 1 aromatic carbocycles. The van der Waals surface area contributed by atoms with Gasteiger partial charge < -0.3 is 96.2 Å². The number of aldehydes is 1. The number of phosphoric acid groups is 5. The third kappa shape index (κ3) is 327. The maximum absolute atomic E-state index is 10.0. The van der Waals surface area contributed by atoms with Crippen molar-refractivity contribution in [3.8, 4) is 0 Å². The molecule has 0 saturated carbocycles. The third-order valence-electron chi connectivity index (χ3n) is 0.936. The first kappa shape index (κ1) is 52.1. The van der Waals surface area contributed by atoms with Crippen LogP contribution >= 0.6 is 39.1 Å². The van der Waals surface area contributed by atoms with Gasteiger partial charge in [0.25, 0.3) is 0 Å². The first-order valence-corrected chi connectivity index (χ1v) is 13.7. The van der Waals surface area contributed by atoms with E-state index in [4.69, 9.17) is 96.2 Å². The first-order valence-electron chi connectivity index (χ1n) is 6.17. The molecular weight excluding hydrogens is 677 g/mol. The molecular formula is C7H11O21P5V2. The SMILES string of the molecule is O=Cc1ccccc1.O=P([O-])([O-])O.O=P([O-])([O-])O.O=P([O-])([O-])O.O=P([O-])([O-])O.O=P([O-])([O-])O.[V+5].[V+5]. The van der Waals surface area contributed by atoms with E-state index in [0.29, 0.717) is 0 Å². The summed E-state index contributed by atoms with van der Waals surface area (Å²) in [6.07, 6.45) is 0.833. The molecule has 0 aromatic heterocycles. The largest absolute Gasteiger partial charge is 5.00 e. The number of benzene rings is 1. The van der Waals surface area contributed by atoms with Crippen molar-refractivity contribution in [2.45, 2.75) is 0 Å². The van der Waals surface area contributed by atoms with E-state index in [0.717, 1.165) is 11.8 Å². The topological polar surface area (TPSA) is 434 Å². The van der Waals surface area contributed by atoms with Gasteiger partial charge in [-0.15, -0.1) is 0 Å². The normalized spacial score (nSPS) is 10.4. The molecule has 0 radical (unpaired) electrons. The van der Waals surface area contributed by atoms with Gasteiger partial charge in [-0.25, -0.2) is 0 Å². The average Bonchev–Trinajstić information content (AvgIpc) is 2.39. The second-order valence-corrected chi connectivity index (χ2v) is 8.56. The van der Waals surface area contributed by atoms with Gasteiger partial charge in [-0.2, -0.15) is 0 Å². The number of rotatable bonds is 1. The summed E-state index contributed by atoms with van der Waals surface area (Å²) in [5.41, 5.74) is 0.729. The van der Waals surface area contributed by atoms with E-state index in [2.05, 4.69) is 0 Å². The van der Waals surface area contributed by atoms with E-state index in [9.17, 15) is 4.79 Å². The van der Waals surface area contributed by atoms with Crippen LogP contribution in [0.15, 0.2) is 30.3 Å². The summed E-state index contributed by atoms with van der Waals surface area (Å²) in [4.78, 5) is 131. The summed E-state index contributed by atoms with van der Waals surface area (Å²) in [6, 6.07) is 9.10. The fourth-order valence-electron chi connectivity index (χ4n) is 0.532. The van der Waals surface area contributed by atoms with E-state index < -0.39 is 39.1 Å². The number of carbonyl (C=O) groups excluding carboxylic acids is 1. The molecule has 1 aromatic rings. The molecule has 0 atom stereocenters.